The number of nitrogens with one attached hydrogen (secondary N) is 3. The molecule has 3 N–H and O–H groups in total. The van der Waals surface area contributed by atoms with Crippen molar-refractivity contribution in [2.75, 3.05) is 23.7 Å². The number of anilines is 2. The number of halogens is 2. The number of para-hydroxylation sites is 1. The van der Waals surface area contributed by atoms with Gasteiger partial charge in [-0.05, 0) is 55.7 Å². The van der Waals surface area contributed by atoms with Gasteiger partial charge in [0.25, 0.3) is 0 Å². The van der Waals surface area contributed by atoms with Gasteiger partial charge in [-0.1, -0.05) is 24.8 Å². The third-order valence-electron chi connectivity index (χ3n) is 6.05. The zero-order valence-corrected chi connectivity index (χ0v) is 18.9. The first-order valence-electron chi connectivity index (χ1n) is 11.2. The molecular formula is C26H27F2N5O. The van der Waals surface area contributed by atoms with E-state index in [1.807, 2.05) is 30.5 Å². The molecule has 4 rings (SSSR count). The monoisotopic (exact) mass is 463 g/mol. The average Bonchev–Trinajstić information content (AvgIpc) is 3.30. The van der Waals surface area contributed by atoms with E-state index in [4.69, 9.17) is 0 Å². The van der Waals surface area contributed by atoms with Crippen LogP contribution in [0.25, 0.3) is 0 Å². The summed E-state index contributed by atoms with van der Waals surface area (Å²) < 4.78 is 27.7. The zero-order chi connectivity index (χ0) is 24.1. The third-order valence-corrected chi connectivity index (χ3v) is 6.05. The number of urea groups is 1. The Morgan fingerprint density at radius 1 is 1.21 bits per heavy atom. The molecule has 0 aliphatic carbocycles. The molecule has 0 aromatic heterocycles. The number of carbonyl (C=O) groups excluding carboxylic acids is 1. The Kier molecular flexibility index (Phi) is 7.06. The number of nitrogens with zero attached hydrogens (tertiary/aromatic N) is 2. The fourth-order valence-electron chi connectivity index (χ4n) is 4.34. The predicted molar refractivity (Wildman–Crippen MR) is 132 cm³/mol. The van der Waals surface area contributed by atoms with Crippen molar-refractivity contribution in [2.45, 2.75) is 25.7 Å². The summed E-state index contributed by atoms with van der Waals surface area (Å²) in [4.78, 5) is 19.0. The summed E-state index contributed by atoms with van der Waals surface area (Å²) in [6, 6.07) is 10.3. The smallest absolute Gasteiger partial charge is 0.323 e. The SMILES string of the molecule is C=C/N=C1/NC=C/C1=C(/C)N1CCCC(c2cccc(NC(=O)Nc3c(F)cccc3F)c2)C1. The van der Waals surface area contributed by atoms with E-state index in [0.29, 0.717) is 5.69 Å². The second-order valence-corrected chi connectivity index (χ2v) is 8.22. The average molecular weight is 464 g/mol. The molecule has 2 amide bonds. The molecule has 2 aliphatic rings. The van der Waals surface area contributed by atoms with Gasteiger partial charge >= 0.3 is 6.03 Å². The third kappa shape index (κ3) is 5.17. The van der Waals surface area contributed by atoms with Crippen molar-refractivity contribution in [3.8, 4) is 0 Å². The van der Waals surface area contributed by atoms with Crippen LogP contribution in [-0.4, -0.2) is 29.9 Å². The molecular weight excluding hydrogens is 436 g/mol. The Balaban J connectivity index is 1.46. The van der Waals surface area contributed by atoms with Crippen LogP contribution in [0.5, 0.6) is 0 Å². The normalized spacial score (nSPS) is 20.1. The van der Waals surface area contributed by atoms with Gasteiger partial charge in [0.1, 0.15) is 23.2 Å². The second kappa shape index (κ2) is 10.3. The van der Waals surface area contributed by atoms with E-state index >= 15 is 0 Å². The van der Waals surface area contributed by atoms with Gasteiger partial charge in [-0.3, -0.25) is 0 Å². The van der Waals surface area contributed by atoms with Crippen LogP contribution in [0.4, 0.5) is 25.0 Å². The lowest BCUT2D eigenvalue weighted by Gasteiger charge is -2.36. The first kappa shape index (κ1) is 23.2. The summed E-state index contributed by atoms with van der Waals surface area (Å²) >= 11 is 0. The van der Waals surface area contributed by atoms with Crippen molar-refractivity contribution in [1.29, 1.82) is 0 Å². The van der Waals surface area contributed by atoms with Gasteiger partial charge in [-0.2, -0.15) is 0 Å². The molecule has 34 heavy (non-hydrogen) atoms. The van der Waals surface area contributed by atoms with Crippen molar-refractivity contribution in [3.05, 3.63) is 96.0 Å². The maximum Gasteiger partial charge on any atom is 0.323 e. The van der Waals surface area contributed by atoms with Crippen LogP contribution in [0.3, 0.4) is 0 Å². The lowest BCUT2D eigenvalue weighted by Crippen LogP contribution is -2.34. The molecule has 8 heteroatoms. The Labute approximate surface area is 197 Å². The van der Waals surface area contributed by atoms with E-state index < -0.39 is 23.4 Å². The van der Waals surface area contributed by atoms with Crippen LogP contribution >= 0.6 is 0 Å². The summed E-state index contributed by atoms with van der Waals surface area (Å²) in [5, 5.41) is 8.06. The van der Waals surface area contributed by atoms with E-state index in [0.717, 1.165) is 60.7 Å². The van der Waals surface area contributed by atoms with Crippen LogP contribution in [0.1, 0.15) is 31.2 Å². The summed E-state index contributed by atoms with van der Waals surface area (Å²) in [5.74, 6) is -0.594. The molecule has 1 fully saturated rings. The molecule has 2 heterocycles. The van der Waals surface area contributed by atoms with Crippen molar-refractivity contribution in [1.82, 2.24) is 10.2 Å². The lowest BCUT2D eigenvalue weighted by atomic mass is 9.90. The second-order valence-electron chi connectivity index (χ2n) is 8.22. The molecule has 2 aromatic rings. The topological polar surface area (TPSA) is 68.8 Å². The molecule has 0 spiro atoms. The number of rotatable bonds is 5. The number of amidine groups is 1. The molecule has 6 nitrogen and oxygen atoms in total. The van der Waals surface area contributed by atoms with Crippen LogP contribution in [-0.2, 0) is 0 Å². The predicted octanol–water partition coefficient (Wildman–Crippen LogP) is 5.72. The minimum atomic E-state index is -0.829. The molecule has 1 saturated heterocycles. The van der Waals surface area contributed by atoms with Crippen molar-refractivity contribution >= 4 is 23.2 Å². The molecule has 2 aromatic carbocycles. The zero-order valence-electron chi connectivity index (χ0n) is 18.9. The summed E-state index contributed by atoms with van der Waals surface area (Å²) in [5.41, 5.74) is 3.37. The first-order chi connectivity index (χ1) is 16.5. The van der Waals surface area contributed by atoms with Gasteiger partial charge in [-0.15, -0.1) is 0 Å². The minimum absolute atomic E-state index is 0.274. The quantitative estimate of drug-likeness (QED) is 0.531. The van der Waals surface area contributed by atoms with Crippen LogP contribution in [0, 0.1) is 11.6 Å². The Morgan fingerprint density at radius 2 is 1.97 bits per heavy atom. The number of amides is 2. The number of piperidine rings is 1. The van der Waals surface area contributed by atoms with Crippen LogP contribution in [0.2, 0.25) is 0 Å². The molecule has 0 saturated carbocycles. The highest BCUT2D eigenvalue weighted by atomic mass is 19.1. The van der Waals surface area contributed by atoms with Crippen molar-refractivity contribution < 1.29 is 13.6 Å². The molecule has 1 atom stereocenters. The van der Waals surface area contributed by atoms with E-state index in [1.54, 1.807) is 6.07 Å². The first-order valence-corrected chi connectivity index (χ1v) is 11.2. The largest absolute Gasteiger partial charge is 0.374 e. The lowest BCUT2D eigenvalue weighted by molar-refractivity contribution is 0.258. The van der Waals surface area contributed by atoms with E-state index in [9.17, 15) is 13.6 Å². The number of allylic oxidation sites excluding steroid dienone is 1. The fourth-order valence-corrected chi connectivity index (χ4v) is 4.34. The van der Waals surface area contributed by atoms with Gasteiger partial charge < -0.3 is 20.9 Å². The maximum atomic E-state index is 13.8. The fraction of sp³-hybridized carbons (Fsp3) is 0.231. The van der Waals surface area contributed by atoms with E-state index in [-0.39, 0.29) is 5.92 Å². The Bertz CT molecular complexity index is 1170. The molecule has 176 valence electrons. The number of carbonyl (C=O) groups is 1. The van der Waals surface area contributed by atoms with E-state index in [2.05, 4.69) is 39.3 Å². The number of hydrogen-bond donors (Lipinski definition) is 3. The number of benzene rings is 2. The molecule has 0 radical (unpaired) electrons. The highest BCUT2D eigenvalue weighted by molar-refractivity contribution is 6.04. The van der Waals surface area contributed by atoms with Gasteiger partial charge in [0.2, 0.25) is 0 Å². The highest BCUT2D eigenvalue weighted by Gasteiger charge is 2.24. The van der Waals surface area contributed by atoms with E-state index in [1.165, 1.54) is 12.3 Å². The molecule has 1 unspecified atom stereocenters. The summed E-state index contributed by atoms with van der Waals surface area (Å²) in [7, 11) is 0. The van der Waals surface area contributed by atoms with Gasteiger partial charge in [0, 0.05) is 48.4 Å². The van der Waals surface area contributed by atoms with Crippen LogP contribution in [0.15, 0.2) is 83.8 Å². The highest BCUT2D eigenvalue weighted by Crippen LogP contribution is 2.31. The number of hydrogen-bond acceptors (Lipinski definition) is 3. The summed E-state index contributed by atoms with van der Waals surface area (Å²) in [6.45, 7) is 7.56. The maximum absolute atomic E-state index is 13.8. The minimum Gasteiger partial charge on any atom is -0.374 e. The van der Waals surface area contributed by atoms with Gasteiger partial charge in [-0.25, -0.2) is 18.6 Å². The molecule has 2 aliphatic heterocycles. The Morgan fingerprint density at radius 3 is 2.74 bits per heavy atom. The number of aliphatic imine (C=N–C) groups is 1. The standard InChI is InChI=1S/C26H27F2N5O/c1-3-29-25-21(12-13-30-25)17(2)33-14-6-8-19(16-33)18-7-4-9-20(15-18)31-26(34)32-24-22(27)10-5-11-23(24)28/h3-5,7,9-13,15,19H,1,6,8,14,16H2,2H3,(H,29,30)(H2,31,32,34)/b21-17+. The van der Waals surface area contributed by atoms with Crippen LogP contribution < -0.4 is 16.0 Å². The Hall–Kier alpha value is -3.94. The van der Waals surface area contributed by atoms with Gasteiger partial charge in [0.05, 0.1) is 0 Å². The number of likely N-dealkylation sites (tertiary alicyclic amines) is 1. The summed E-state index contributed by atoms with van der Waals surface area (Å²) in [6.07, 6.45) is 7.47. The van der Waals surface area contributed by atoms with Gasteiger partial charge in [0.15, 0.2) is 0 Å². The van der Waals surface area contributed by atoms with Crippen molar-refractivity contribution in [3.63, 3.8) is 0 Å². The van der Waals surface area contributed by atoms with Crippen molar-refractivity contribution in [2.24, 2.45) is 4.99 Å². The molecule has 0 bridgehead atoms.